The van der Waals surface area contributed by atoms with Gasteiger partial charge in [-0.25, -0.2) is 13.6 Å². The van der Waals surface area contributed by atoms with Gasteiger partial charge in [-0.3, -0.25) is 0 Å². The minimum Gasteiger partial charge on any atom is -0.225 e. The summed E-state index contributed by atoms with van der Waals surface area (Å²) in [7, 11) is -3.68. The zero-order valence-electron chi connectivity index (χ0n) is 6.09. The van der Waals surface area contributed by atoms with Crippen molar-refractivity contribution in [2.24, 2.45) is 5.14 Å². The number of nitrogens with two attached hydrogens (primary N) is 1. The first-order valence-electron chi connectivity index (χ1n) is 2.99. The van der Waals surface area contributed by atoms with Crippen molar-refractivity contribution >= 4 is 60.1 Å². The molecule has 0 saturated carbocycles. The summed E-state index contributed by atoms with van der Waals surface area (Å²) in [6, 6.07) is 2.74. The lowest BCUT2D eigenvalue weighted by Crippen LogP contribution is -2.12. The van der Waals surface area contributed by atoms with Crippen LogP contribution in [0.4, 0.5) is 0 Å². The predicted molar refractivity (Wildman–Crippen MR) is 63.2 cm³/mol. The van der Waals surface area contributed by atoms with E-state index in [0.29, 0.717) is 9.50 Å². The third kappa shape index (κ3) is 2.79. The molecule has 13 heavy (non-hydrogen) atoms. The second-order valence-corrected chi connectivity index (χ2v) is 6.15. The largest absolute Gasteiger partial charge is 0.238 e. The number of hydrogen-bond acceptors (Lipinski definition) is 2. The van der Waals surface area contributed by atoms with E-state index in [1.54, 1.807) is 0 Å². The summed E-state index contributed by atoms with van der Waals surface area (Å²) < 4.78 is 23.3. The van der Waals surface area contributed by atoms with Crippen LogP contribution >= 0.6 is 50.1 Å². The van der Waals surface area contributed by atoms with E-state index < -0.39 is 10.0 Å². The molecule has 0 aliphatic carbocycles. The minimum atomic E-state index is -3.68. The van der Waals surface area contributed by atoms with Crippen molar-refractivity contribution in [3.05, 3.63) is 25.2 Å². The number of sulfonamides is 1. The highest BCUT2D eigenvalue weighted by Crippen LogP contribution is 2.29. The highest BCUT2D eigenvalue weighted by atomic mass is 127. The molecule has 0 aromatic heterocycles. The Morgan fingerprint density at radius 1 is 1.46 bits per heavy atom. The normalized spacial score (nSPS) is 11.7. The smallest absolute Gasteiger partial charge is 0.225 e. The molecular weight excluding hydrogens is 392 g/mol. The second-order valence-electron chi connectivity index (χ2n) is 2.25. The number of benzene rings is 1. The molecule has 0 bridgehead atoms. The first-order chi connectivity index (χ1) is 5.82. The molecule has 0 spiro atoms. The van der Waals surface area contributed by atoms with Crippen molar-refractivity contribution in [2.45, 2.75) is 4.90 Å². The molecule has 0 saturated heterocycles. The van der Waals surface area contributed by atoms with E-state index in [-0.39, 0.29) is 4.90 Å². The SMILES string of the molecule is NS(=O)(=O)c1cc(Cl)c(I)c(Br)c1. The summed E-state index contributed by atoms with van der Waals surface area (Å²) in [5.41, 5.74) is 0. The molecule has 1 aromatic carbocycles. The van der Waals surface area contributed by atoms with Crippen molar-refractivity contribution in [3.8, 4) is 0 Å². The van der Waals surface area contributed by atoms with E-state index >= 15 is 0 Å². The topological polar surface area (TPSA) is 60.2 Å². The molecule has 0 atom stereocenters. The van der Waals surface area contributed by atoms with E-state index in [1.165, 1.54) is 12.1 Å². The third-order valence-electron chi connectivity index (χ3n) is 1.29. The molecule has 7 heteroatoms. The van der Waals surface area contributed by atoms with Crippen LogP contribution in [0.25, 0.3) is 0 Å². The van der Waals surface area contributed by atoms with Gasteiger partial charge in [0.15, 0.2) is 0 Å². The standard InChI is InChI=1S/C6H4BrClINO2S/c7-4-1-3(13(10,11)12)2-5(8)6(4)9/h1-2H,(H2,10,11,12). The Morgan fingerprint density at radius 2 is 2.00 bits per heavy atom. The van der Waals surface area contributed by atoms with Crippen molar-refractivity contribution in [1.82, 2.24) is 0 Å². The van der Waals surface area contributed by atoms with Crippen LogP contribution in [0.5, 0.6) is 0 Å². The molecule has 0 aliphatic heterocycles. The highest BCUT2D eigenvalue weighted by Gasteiger charge is 2.12. The molecule has 0 fully saturated rings. The van der Waals surface area contributed by atoms with Crippen molar-refractivity contribution in [2.75, 3.05) is 0 Å². The molecule has 72 valence electrons. The third-order valence-corrected chi connectivity index (χ3v) is 5.32. The number of rotatable bonds is 1. The Hall–Kier alpha value is 0.630. The lowest BCUT2D eigenvalue weighted by Gasteiger charge is -2.03. The van der Waals surface area contributed by atoms with Crippen LogP contribution < -0.4 is 5.14 Å². The monoisotopic (exact) mass is 395 g/mol. The average molecular weight is 396 g/mol. The maximum Gasteiger partial charge on any atom is 0.238 e. The van der Waals surface area contributed by atoms with Gasteiger partial charge in [0.1, 0.15) is 0 Å². The highest BCUT2D eigenvalue weighted by molar-refractivity contribution is 14.1. The van der Waals surface area contributed by atoms with Crippen LogP contribution in [0.2, 0.25) is 5.02 Å². The molecule has 0 heterocycles. The van der Waals surface area contributed by atoms with E-state index in [1.807, 2.05) is 22.6 Å². The van der Waals surface area contributed by atoms with Gasteiger partial charge in [0.05, 0.1) is 9.92 Å². The van der Waals surface area contributed by atoms with E-state index in [2.05, 4.69) is 15.9 Å². The fourth-order valence-corrected chi connectivity index (χ4v) is 2.58. The molecule has 2 N–H and O–H groups in total. The van der Waals surface area contributed by atoms with Gasteiger partial charge in [-0.1, -0.05) is 11.6 Å². The molecular formula is C6H4BrClINO2S. The van der Waals surface area contributed by atoms with Gasteiger partial charge in [-0.05, 0) is 50.7 Å². The van der Waals surface area contributed by atoms with Crippen LogP contribution in [0.1, 0.15) is 0 Å². The van der Waals surface area contributed by atoms with Crippen LogP contribution in [0.3, 0.4) is 0 Å². The first kappa shape index (κ1) is 11.7. The molecule has 0 radical (unpaired) electrons. The van der Waals surface area contributed by atoms with Gasteiger partial charge in [0.2, 0.25) is 10.0 Å². The van der Waals surface area contributed by atoms with Crippen molar-refractivity contribution in [1.29, 1.82) is 0 Å². The van der Waals surface area contributed by atoms with E-state index in [4.69, 9.17) is 16.7 Å². The Labute approximate surface area is 103 Å². The molecule has 0 aliphatic rings. The Bertz CT molecular complexity index is 425. The summed E-state index contributed by atoms with van der Waals surface area (Å²) in [4.78, 5) is 0.00444. The lowest BCUT2D eigenvalue weighted by atomic mass is 10.4. The maximum atomic E-state index is 10.9. The zero-order chi connectivity index (χ0) is 10.2. The maximum absolute atomic E-state index is 10.9. The van der Waals surface area contributed by atoms with Crippen LogP contribution in [-0.4, -0.2) is 8.42 Å². The first-order valence-corrected chi connectivity index (χ1v) is 6.79. The number of hydrogen-bond donors (Lipinski definition) is 1. The van der Waals surface area contributed by atoms with Gasteiger partial charge in [0.25, 0.3) is 0 Å². The van der Waals surface area contributed by atoms with Gasteiger partial charge < -0.3 is 0 Å². The Morgan fingerprint density at radius 3 is 2.38 bits per heavy atom. The number of halogens is 3. The van der Waals surface area contributed by atoms with Crippen LogP contribution in [0, 0.1) is 3.57 Å². The lowest BCUT2D eigenvalue weighted by molar-refractivity contribution is 0.597. The molecule has 0 amide bonds. The number of primary sulfonamides is 1. The molecule has 1 aromatic rings. The van der Waals surface area contributed by atoms with Gasteiger partial charge in [-0.15, -0.1) is 0 Å². The van der Waals surface area contributed by atoms with Gasteiger partial charge in [-0.2, -0.15) is 0 Å². The van der Waals surface area contributed by atoms with E-state index in [9.17, 15) is 8.42 Å². The summed E-state index contributed by atoms with van der Waals surface area (Å²) in [5.74, 6) is 0. The predicted octanol–water partition coefficient (Wildman–Crippen LogP) is 2.35. The van der Waals surface area contributed by atoms with E-state index in [0.717, 1.165) is 3.57 Å². The minimum absolute atomic E-state index is 0.00444. The summed E-state index contributed by atoms with van der Waals surface area (Å²) in [6.07, 6.45) is 0. The van der Waals surface area contributed by atoms with Crippen LogP contribution in [0.15, 0.2) is 21.5 Å². The molecule has 3 nitrogen and oxygen atoms in total. The summed E-state index contributed by atoms with van der Waals surface area (Å²) >= 11 is 10.9. The quantitative estimate of drug-likeness (QED) is 0.585. The second kappa shape index (κ2) is 4.01. The fourth-order valence-electron chi connectivity index (χ4n) is 0.697. The Balaban J connectivity index is 3.47. The summed E-state index contributed by atoms with van der Waals surface area (Å²) in [6.45, 7) is 0. The molecule has 1 rings (SSSR count). The van der Waals surface area contributed by atoms with Crippen molar-refractivity contribution < 1.29 is 8.42 Å². The zero-order valence-corrected chi connectivity index (χ0v) is 11.4. The molecule has 0 unspecified atom stereocenters. The average Bonchev–Trinajstić information content (AvgIpc) is 1.97. The van der Waals surface area contributed by atoms with Gasteiger partial charge in [0, 0.05) is 8.04 Å². The summed E-state index contributed by atoms with van der Waals surface area (Å²) in [5, 5.41) is 5.30. The van der Waals surface area contributed by atoms with Crippen molar-refractivity contribution in [3.63, 3.8) is 0 Å². The van der Waals surface area contributed by atoms with Gasteiger partial charge >= 0.3 is 0 Å². The Kier molecular flexibility index (Phi) is 3.61. The fraction of sp³-hybridized carbons (Fsp3) is 0. The van der Waals surface area contributed by atoms with Crippen LogP contribution in [-0.2, 0) is 10.0 Å².